The van der Waals surface area contributed by atoms with Gasteiger partial charge in [-0.2, -0.15) is 10.2 Å². The van der Waals surface area contributed by atoms with E-state index in [1.807, 2.05) is 26.0 Å². The van der Waals surface area contributed by atoms with Crippen LogP contribution in [0, 0.1) is 0 Å². The zero-order chi connectivity index (χ0) is 25.5. The van der Waals surface area contributed by atoms with Crippen LogP contribution in [-0.4, -0.2) is 71.1 Å². The van der Waals surface area contributed by atoms with Crippen LogP contribution in [0.2, 0.25) is 0 Å². The largest absolute Gasteiger partial charge is 0.493 e. The molecule has 0 atom stereocenters. The fourth-order valence-electron chi connectivity index (χ4n) is 3.96. The highest BCUT2D eigenvalue weighted by Crippen LogP contribution is 2.39. The molecule has 0 bridgehead atoms. The third-order valence-corrected chi connectivity index (χ3v) is 5.67. The van der Waals surface area contributed by atoms with Crippen molar-refractivity contribution in [2.45, 2.75) is 13.8 Å². The molecule has 0 spiro atoms. The number of anilines is 2. The van der Waals surface area contributed by atoms with Gasteiger partial charge in [0.25, 0.3) is 5.91 Å². The van der Waals surface area contributed by atoms with E-state index in [0.717, 1.165) is 18.8 Å². The van der Waals surface area contributed by atoms with Gasteiger partial charge < -0.3 is 28.6 Å². The number of carbonyl (C=O) groups excluding carboxylic acids is 1. The molecule has 0 aliphatic carbocycles. The number of hydrogen-bond acceptors (Lipinski definition) is 10. The van der Waals surface area contributed by atoms with Gasteiger partial charge in [-0.25, -0.2) is 5.43 Å². The summed E-state index contributed by atoms with van der Waals surface area (Å²) >= 11 is 0. The minimum atomic E-state index is -0.430. The lowest BCUT2D eigenvalue weighted by molar-refractivity contribution is -0.114. The van der Waals surface area contributed by atoms with Crippen LogP contribution in [-0.2, 0) is 9.53 Å². The van der Waals surface area contributed by atoms with Crippen molar-refractivity contribution in [1.29, 1.82) is 0 Å². The number of nitrogens with zero attached hydrogens (tertiary/aromatic N) is 3. The van der Waals surface area contributed by atoms with E-state index in [4.69, 9.17) is 23.7 Å². The Hall–Kier alpha value is -3.99. The highest BCUT2D eigenvalue weighted by atomic mass is 16.5. The van der Waals surface area contributed by atoms with Crippen LogP contribution in [0.15, 0.2) is 40.5 Å². The summed E-state index contributed by atoms with van der Waals surface area (Å²) in [6.07, 6.45) is 0. The molecule has 0 radical (unpaired) electrons. The van der Waals surface area contributed by atoms with E-state index in [1.165, 1.54) is 0 Å². The molecule has 2 aromatic carbocycles. The minimum Gasteiger partial charge on any atom is -0.493 e. The Bertz CT molecular complexity index is 1160. The third-order valence-electron chi connectivity index (χ3n) is 5.67. The lowest BCUT2D eigenvalue weighted by Gasteiger charge is -2.31. The second-order valence-electron chi connectivity index (χ2n) is 7.82. The number of morpholine rings is 1. The lowest BCUT2D eigenvalue weighted by atomic mass is 10.1. The monoisotopic (exact) mass is 497 g/mol. The SMILES string of the molecule is CCOc1cc(N2CCOCC2)c(OCC)cc1NN=C1C(=O)NN=C1c1ccc(OC)c(OC)c1. The summed E-state index contributed by atoms with van der Waals surface area (Å²) in [5.74, 6) is 1.94. The third kappa shape index (κ3) is 5.30. The standard InChI is InChI=1S/C25H31N5O6/c1-5-35-20-15-18(30-9-11-34-12-10-30)21(36-6-2)14-17(20)26-28-24-23(27-29-25(24)31)16-7-8-19(32-3)22(13-16)33-4/h7-8,13-15,26H,5-6,9-12H2,1-4H3,(H,28,29,31). The molecule has 2 aromatic rings. The molecule has 0 aromatic heterocycles. The molecule has 36 heavy (non-hydrogen) atoms. The highest BCUT2D eigenvalue weighted by molar-refractivity contribution is 6.72. The van der Waals surface area contributed by atoms with Crippen molar-refractivity contribution < 1.29 is 28.5 Å². The summed E-state index contributed by atoms with van der Waals surface area (Å²) in [5, 5.41) is 8.57. The fourth-order valence-corrected chi connectivity index (χ4v) is 3.96. The van der Waals surface area contributed by atoms with Gasteiger partial charge >= 0.3 is 0 Å². The minimum absolute atomic E-state index is 0.125. The summed E-state index contributed by atoms with van der Waals surface area (Å²) in [6, 6.07) is 9.04. The summed E-state index contributed by atoms with van der Waals surface area (Å²) in [6.45, 7) is 7.61. The quantitative estimate of drug-likeness (QED) is 0.482. The van der Waals surface area contributed by atoms with Crippen LogP contribution in [0.1, 0.15) is 19.4 Å². The van der Waals surface area contributed by atoms with Crippen LogP contribution in [0.5, 0.6) is 23.0 Å². The number of hydrogen-bond donors (Lipinski definition) is 2. The molecule has 2 N–H and O–H groups in total. The number of rotatable bonds is 10. The molecule has 0 saturated carbocycles. The van der Waals surface area contributed by atoms with Crippen LogP contribution >= 0.6 is 0 Å². The van der Waals surface area contributed by atoms with Crippen molar-refractivity contribution in [1.82, 2.24) is 5.43 Å². The summed E-state index contributed by atoms with van der Waals surface area (Å²) < 4.78 is 28.0. The van der Waals surface area contributed by atoms with E-state index in [0.29, 0.717) is 66.4 Å². The van der Waals surface area contributed by atoms with E-state index in [2.05, 4.69) is 26.0 Å². The van der Waals surface area contributed by atoms with Gasteiger partial charge in [-0.3, -0.25) is 10.2 Å². The molecule has 11 nitrogen and oxygen atoms in total. The van der Waals surface area contributed by atoms with Gasteiger partial charge in [0, 0.05) is 30.8 Å². The zero-order valence-corrected chi connectivity index (χ0v) is 20.9. The Morgan fingerprint density at radius 3 is 2.42 bits per heavy atom. The van der Waals surface area contributed by atoms with Crippen molar-refractivity contribution in [2.75, 3.05) is 64.1 Å². The first kappa shape index (κ1) is 25.1. The van der Waals surface area contributed by atoms with Gasteiger partial charge in [-0.1, -0.05) is 0 Å². The predicted molar refractivity (Wildman–Crippen MR) is 137 cm³/mol. The first-order valence-electron chi connectivity index (χ1n) is 11.8. The van der Waals surface area contributed by atoms with E-state index >= 15 is 0 Å². The summed E-state index contributed by atoms with van der Waals surface area (Å²) in [4.78, 5) is 14.8. The summed E-state index contributed by atoms with van der Waals surface area (Å²) in [7, 11) is 3.10. The van der Waals surface area contributed by atoms with Gasteiger partial charge in [-0.05, 0) is 32.0 Å². The Morgan fingerprint density at radius 2 is 1.72 bits per heavy atom. The smallest absolute Gasteiger partial charge is 0.294 e. The van der Waals surface area contributed by atoms with Crippen molar-refractivity contribution in [3.8, 4) is 23.0 Å². The van der Waals surface area contributed by atoms with Crippen LogP contribution in [0.4, 0.5) is 11.4 Å². The van der Waals surface area contributed by atoms with Gasteiger partial charge in [-0.15, -0.1) is 0 Å². The molecular formula is C25H31N5O6. The first-order valence-corrected chi connectivity index (χ1v) is 11.8. The number of carbonyl (C=O) groups is 1. The second-order valence-corrected chi connectivity index (χ2v) is 7.82. The van der Waals surface area contributed by atoms with Gasteiger partial charge in [0.05, 0.1) is 46.3 Å². The normalized spacial score (nSPS) is 16.4. The Labute approximate surface area is 210 Å². The molecule has 11 heteroatoms. The number of benzene rings is 2. The average molecular weight is 498 g/mol. The molecule has 4 rings (SSSR count). The molecule has 1 fully saturated rings. The first-order chi connectivity index (χ1) is 17.6. The van der Waals surface area contributed by atoms with Crippen LogP contribution < -0.4 is 34.7 Å². The molecule has 2 aliphatic heterocycles. The van der Waals surface area contributed by atoms with E-state index in [1.54, 1.807) is 32.4 Å². The second kappa shape index (κ2) is 11.6. The Kier molecular flexibility index (Phi) is 8.11. The maximum absolute atomic E-state index is 12.6. The molecule has 0 unspecified atom stereocenters. The number of amides is 1. The van der Waals surface area contributed by atoms with Crippen molar-refractivity contribution >= 4 is 28.7 Å². The number of ether oxygens (including phenoxy) is 5. The summed E-state index contributed by atoms with van der Waals surface area (Å²) in [5.41, 5.74) is 8.11. The van der Waals surface area contributed by atoms with Gasteiger partial charge in [0.1, 0.15) is 22.9 Å². The zero-order valence-electron chi connectivity index (χ0n) is 20.9. The molecule has 1 amide bonds. The topological polar surface area (TPSA) is 115 Å². The van der Waals surface area contributed by atoms with E-state index in [9.17, 15) is 4.79 Å². The molecular weight excluding hydrogens is 466 g/mol. The number of methoxy groups -OCH3 is 2. The number of nitrogens with one attached hydrogen (secondary N) is 2. The maximum Gasteiger partial charge on any atom is 0.294 e. The van der Waals surface area contributed by atoms with Crippen molar-refractivity contribution in [2.24, 2.45) is 10.2 Å². The lowest BCUT2D eigenvalue weighted by Crippen LogP contribution is -2.36. The highest BCUT2D eigenvalue weighted by Gasteiger charge is 2.28. The van der Waals surface area contributed by atoms with E-state index in [-0.39, 0.29) is 5.71 Å². The van der Waals surface area contributed by atoms with Gasteiger partial charge in [0.2, 0.25) is 0 Å². The van der Waals surface area contributed by atoms with E-state index < -0.39 is 5.91 Å². The van der Waals surface area contributed by atoms with Gasteiger partial charge in [0.15, 0.2) is 17.2 Å². The molecule has 1 saturated heterocycles. The number of hydrazone groups is 2. The average Bonchev–Trinajstić information content (AvgIpc) is 3.28. The Balaban J connectivity index is 1.67. The maximum atomic E-state index is 12.6. The van der Waals surface area contributed by atoms with Crippen molar-refractivity contribution in [3.63, 3.8) is 0 Å². The molecule has 192 valence electrons. The Morgan fingerprint density at radius 1 is 1.00 bits per heavy atom. The fraction of sp³-hybridized carbons (Fsp3) is 0.400. The molecule has 2 heterocycles. The van der Waals surface area contributed by atoms with Crippen molar-refractivity contribution in [3.05, 3.63) is 35.9 Å². The van der Waals surface area contributed by atoms with Crippen LogP contribution in [0.25, 0.3) is 0 Å². The predicted octanol–water partition coefficient (Wildman–Crippen LogP) is 2.64. The molecule has 2 aliphatic rings. The van der Waals surface area contributed by atoms with Crippen LogP contribution in [0.3, 0.4) is 0 Å².